The lowest BCUT2D eigenvalue weighted by Gasteiger charge is -2.16. The third kappa shape index (κ3) is 3.67. The van der Waals surface area contributed by atoms with Gasteiger partial charge >= 0.3 is 0 Å². The van der Waals surface area contributed by atoms with Crippen molar-refractivity contribution in [3.63, 3.8) is 0 Å². The first-order valence-electron chi connectivity index (χ1n) is 7.95. The van der Waals surface area contributed by atoms with E-state index < -0.39 is 0 Å². The minimum Gasteiger partial charge on any atom is -0.489 e. The summed E-state index contributed by atoms with van der Waals surface area (Å²) >= 11 is 0. The Bertz CT molecular complexity index is 722. The molecule has 1 aliphatic rings. The van der Waals surface area contributed by atoms with Crippen LogP contribution in [-0.2, 0) is 4.74 Å². The van der Waals surface area contributed by atoms with Crippen LogP contribution >= 0.6 is 0 Å². The van der Waals surface area contributed by atoms with Crippen LogP contribution in [0.5, 0.6) is 5.75 Å². The summed E-state index contributed by atoms with van der Waals surface area (Å²) in [5.74, 6) is 0.599. The summed E-state index contributed by atoms with van der Waals surface area (Å²) in [6.45, 7) is 1.13. The van der Waals surface area contributed by atoms with Crippen molar-refractivity contribution in [1.29, 1.82) is 5.26 Å². The van der Waals surface area contributed by atoms with Crippen LogP contribution < -0.4 is 15.0 Å². The molecule has 0 radical (unpaired) electrons. The SMILES string of the molecule is CN(C)c1ccc([C@H]2NC[C@H](COc3ccccc3C#N)O2)cc1. The maximum Gasteiger partial charge on any atom is 0.137 e. The number of ether oxygens (including phenoxy) is 2. The van der Waals surface area contributed by atoms with Crippen LogP contribution in [0.15, 0.2) is 48.5 Å². The Morgan fingerprint density at radius 2 is 1.96 bits per heavy atom. The summed E-state index contributed by atoms with van der Waals surface area (Å²) in [4.78, 5) is 2.07. The summed E-state index contributed by atoms with van der Waals surface area (Å²) in [5, 5.41) is 12.4. The zero-order chi connectivity index (χ0) is 16.9. The molecule has 1 saturated heterocycles. The number of anilines is 1. The average Bonchev–Trinajstić information content (AvgIpc) is 3.09. The molecule has 3 rings (SSSR count). The number of hydrogen-bond donors (Lipinski definition) is 1. The third-order valence-corrected chi connectivity index (χ3v) is 4.00. The van der Waals surface area contributed by atoms with Gasteiger partial charge in [-0.05, 0) is 29.8 Å². The van der Waals surface area contributed by atoms with Gasteiger partial charge in [0.25, 0.3) is 0 Å². The van der Waals surface area contributed by atoms with E-state index in [-0.39, 0.29) is 12.3 Å². The van der Waals surface area contributed by atoms with Gasteiger partial charge in [-0.1, -0.05) is 24.3 Å². The second kappa shape index (κ2) is 7.35. The van der Waals surface area contributed by atoms with Crippen molar-refractivity contribution in [2.75, 3.05) is 32.1 Å². The molecule has 1 aliphatic heterocycles. The van der Waals surface area contributed by atoms with E-state index in [0.29, 0.717) is 17.9 Å². The van der Waals surface area contributed by atoms with E-state index >= 15 is 0 Å². The normalized spacial score (nSPS) is 19.7. The lowest BCUT2D eigenvalue weighted by atomic mass is 10.2. The molecule has 1 fully saturated rings. The van der Waals surface area contributed by atoms with E-state index in [1.54, 1.807) is 12.1 Å². The monoisotopic (exact) mass is 323 g/mol. The molecule has 124 valence electrons. The molecule has 0 aliphatic carbocycles. The predicted octanol–water partition coefficient (Wildman–Crippen LogP) is 2.69. The van der Waals surface area contributed by atoms with Gasteiger partial charge in [0, 0.05) is 26.3 Å². The highest BCUT2D eigenvalue weighted by Gasteiger charge is 2.26. The molecule has 5 heteroatoms. The highest BCUT2D eigenvalue weighted by Crippen LogP contribution is 2.24. The van der Waals surface area contributed by atoms with Crippen molar-refractivity contribution in [2.24, 2.45) is 0 Å². The van der Waals surface area contributed by atoms with Gasteiger partial charge < -0.3 is 14.4 Å². The fraction of sp³-hybridized carbons (Fsp3) is 0.316. The topological polar surface area (TPSA) is 57.5 Å². The summed E-state index contributed by atoms with van der Waals surface area (Å²) in [7, 11) is 4.04. The van der Waals surface area contributed by atoms with Gasteiger partial charge in [0.2, 0.25) is 0 Å². The molecule has 2 aromatic carbocycles. The summed E-state index contributed by atoms with van der Waals surface area (Å²) in [6.07, 6.45) is -0.170. The molecule has 0 aromatic heterocycles. The van der Waals surface area contributed by atoms with E-state index in [4.69, 9.17) is 14.7 Å². The molecular weight excluding hydrogens is 302 g/mol. The molecular formula is C19H21N3O2. The molecule has 24 heavy (non-hydrogen) atoms. The molecule has 0 bridgehead atoms. The zero-order valence-electron chi connectivity index (χ0n) is 13.9. The fourth-order valence-electron chi connectivity index (χ4n) is 2.64. The van der Waals surface area contributed by atoms with Crippen LogP contribution in [0.4, 0.5) is 5.69 Å². The predicted molar refractivity (Wildman–Crippen MR) is 93.0 cm³/mol. The quantitative estimate of drug-likeness (QED) is 0.917. The highest BCUT2D eigenvalue weighted by molar-refractivity contribution is 5.46. The molecule has 2 aromatic rings. The molecule has 0 spiro atoms. The minimum absolute atomic E-state index is 0.0460. The zero-order valence-corrected chi connectivity index (χ0v) is 13.9. The first kappa shape index (κ1) is 16.3. The average molecular weight is 323 g/mol. The number of benzene rings is 2. The van der Waals surface area contributed by atoms with Gasteiger partial charge in [-0.15, -0.1) is 0 Å². The molecule has 2 atom stereocenters. The van der Waals surface area contributed by atoms with Crippen molar-refractivity contribution in [1.82, 2.24) is 5.32 Å². The Hall–Kier alpha value is -2.55. The van der Waals surface area contributed by atoms with E-state index in [1.165, 1.54) is 0 Å². The molecule has 1 heterocycles. The van der Waals surface area contributed by atoms with Crippen molar-refractivity contribution in [2.45, 2.75) is 12.3 Å². The van der Waals surface area contributed by atoms with E-state index in [1.807, 2.05) is 26.2 Å². The number of nitriles is 1. The maximum absolute atomic E-state index is 9.09. The molecule has 0 amide bonds. The fourth-order valence-corrected chi connectivity index (χ4v) is 2.64. The first-order valence-corrected chi connectivity index (χ1v) is 7.95. The van der Waals surface area contributed by atoms with E-state index in [9.17, 15) is 0 Å². The minimum atomic E-state index is -0.124. The molecule has 0 unspecified atom stereocenters. The van der Waals surface area contributed by atoms with Crippen LogP contribution in [0, 0.1) is 11.3 Å². The molecule has 5 nitrogen and oxygen atoms in total. The standard InChI is InChI=1S/C19H21N3O2/c1-22(2)16-9-7-14(8-10-16)19-21-12-17(24-19)13-23-18-6-4-3-5-15(18)11-20/h3-10,17,19,21H,12-13H2,1-2H3/t17-,19+/m1/s1. The van der Waals surface area contributed by atoms with Crippen molar-refractivity contribution < 1.29 is 9.47 Å². The summed E-state index contributed by atoms with van der Waals surface area (Å²) < 4.78 is 11.8. The van der Waals surface area contributed by atoms with Crippen LogP contribution in [0.3, 0.4) is 0 Å². The van der Waals surface area contributed by atoms with Crippen molar-refractivity contribution in [3.05, 3.63) is 59.7 Å². The van der Waals surface area contributed by atoms with Gasteiger partial charge in [-0.3, -0.25) is 5.32 Å². The third-order valence-electron chi connectivity index (χ3n) is 4.00. The molecule has 1 N–H and O–H groups in total. The van der Waals surface area contributed by atoms with Gasteiger partial charge in [-0.2, -0.15) is 5.26 Å². The number of rotatable bonds is 5. The summed E-state index contributed by atoms with van der Waals surface area (Å²) in [5.41, 5.74) is 2.80. The van der Waals surface area contributed by atoms with Crippen molar-refractivity contribution in [3.8, 4) is 11.8 Å². The van der Waals surface area contributed by atoms with Gasteiger partial charge in [0.1, 0.15) is 30.8 Å². The van der Waals surface area contributed by atoms with E-state index in [2.05, 4.69) is 40.6 Å². The van der Waals surface area contributed by atoms with Gasteiger partial charge in [-0.25, -0.2) is 0 Å². The Morgan fingerprint density at radius 1 is 1.21 bits per heavy atom. The lowest BCUT2D eigenvalue weighted by molar-refractivity contribution is 0.0158. The highest BCUT2D eigenvalue weighted by atomic mass is 16.6. The Labute approximate surface area is 142 Å². The Morgan fingerprint density at radius 3 is 2.67 bits per heavy atom. The number of nitrogens with one attached hydrogen (secondary N) is 1. The van der Waals surface area contributed by atoms with E-state index in [0.717, 1.165) is 17.8 Å². The Balaban J connectivity index is 1.56. The largest absolute Gasteiger partial charge is 0.489 e. The first-order chi connectivity index (χ1) is 11.7. The Kier molecular flexibility index (Phi) is 4.99. The number of hydrogen-bond acceptors (Lipinski definition) is 5. The smallest absolute Gasteiger partial charge is 0.137 e. The van der Waals surface area contributed by atoms with Crippen molar-refractivity contribution >= 4 is 5.69 Å². The maximum atomic E-state index is 9.09. The van der Waals surface area contributed by atoms with Crippen LogP contribution in [0.25, 0.3) is 0 Å². The number of nitrogens with zero attached hydrogens (tertiary/aromatic N) is 2. The van der Waals surface area contributed by atoms with Crippen LogP contribution in [0.2, 0.25) is 0 Å². The second-order valence-corrected chi connectivity index (χ2v) is 5.95. The van der Waals surface area contributed by atoms with Gasteiger partial charge in [0.05, 0.1) is 5.56 Å². The second-order valence-electron chi connectivity index (χ2n) is 5.95. The summed E-state index contributed by atoms with van der Waals surface area (Å²) in [6, 6.07) is 17.7. The molecule has 0 saturated carbocycles. The van der Waals surface area contributed by atoms with Crippen LogP contribution in [-0.4, -0.2) is 33.4 Å². The lowest BCUT2D eigenvalue weighted by Crippen LogP contribution is -2.22. The number of para-hydroxylation sites is 1. The van der Waals surface area contributed by atoms with Crippen LogP contribution in [0.1, 0.15) is 17.4 Å². The van der Waals surface area contributed by atoms with Gasteiger partial charge in [0.15, 0.2) is 0 Å².